The molecular formula is C17H15F3N2O3. The molecule has 2 N–H and O–H groups in total. The maximum atomic E-state index is 12.1. The van der Waals surface area contributed by atoms with Crippen LogP contribution < -0.4 is 15.4 Å². The van der Waals surface area contributed by atoms with Crippen LogP contribution in [0.4, 0.5) is 24.5 Å². The van der Waals surface area contributed by atoms with Gasteiger partial charge in [0.2, 0.25) is 5.91 Å². The third-order valence-electron chi connectivity index (χ3n) is 3.12. The van der Waals surface area contributed by atoms with Crippen LogP contribution in [0.3, 0.4) is 0 Å². The Kier molecular flexibility index (Phi) is 5.63. The summed E-state index contributed by atoms with van der Waals surface area (Å²) in [6.45, 7) is 1.28. The molecule has 8 heteroatoms. The van der Waals surface area contributed by atoms with E-state index in [1.165, 1.54) is 19.1 Å². The van der Waals surface area contributed by atoms with Gasteiger partial charge in [-0.15, -0.1) is 13.2 Å². The predicted molar refractivity (Wildman–Crippen MR) is 86.7 cm³/mol. The summed E-state index contributed by atoms with van der Waals surface area (Å²) in [5, 5.41) is 5.38. The Morgan fingerprint density at radius 2 is 1.68 bits per heavy atom. The summed E-state index contributed by atoms with van der Waals surface area (Å²) in [5.41, 5.74) is 1.24. The van der Waals surface area contributed by atoms with Gasteiger partial charge in [-0.2, -0.15) is 0 Å². The molecule has 132 valence electrons. The number of benzene rings is 2. The molecule has 0 radical (unpaired) electrons. The van der Waals surface area contributed by atoms with Gasteiger partial charge >= 0.3 is 6.36 Å². The second-order valence-electron chi connectivity index (χ2n) is 5.08. The van der Waals surface area contributed by atoms with E-state index in [0.717, 1.165) is 12.1 Å². The largest absolute Gasteiger partial charge is 0.573 e. The van der Waals surface area contributed by atoms with Gasteiger partial charge < -0.3 is 15.4 Å². The van der Waals surface area contributed by atoms with E-state index in [4.69, 9.17) is 0 Å². The van der Waals surface area contributed by atoms with Gasteiger partial charge in [0.1, 0.15) is 5.75 Å². The maximum Gasteiger partial charge on any atom is 0.573 e. The first-order chi connectivity index (χ1) is 11.7. The highest BCUT2D eigenvalue weighted by Gasteiger charge is 2.30. The zero-order valence-corrected chi connectivity index (χ0v) is 13.2. The molecule has 1 amide bonds. The first kappa shape index (κ1) is 18.3. The molecule has 0 saturated heterocycles. The predicted octanol–water partition coefficient (Wildman–Crippen LogP) is 3.84. The smallest absolute Gasteiger partial charge is 0.406 e. The van der Waals surface area contributed by atoms with E-state index in [1.54, 1.807) is 24.3 Å². The number of anilines is 2. The molecule has 0 aliphatic heterocycles. The molecule has 25 heavy (non-hydrogen) atoms. The van der Waals surface area contributed by atoms with Crippen LogP contribution in [0, 0.1) is 0 Å². The van der Waals surface area contributed by atoms with E-state index in [2.05, 4.69) is 15.4 Å². The summed E-state index contributed by atoms with van der Waals surface area (Å²) >= 11 is 0. The standard InChI is InChI=1S/C17H15F3N2O3/c1-11(23)14-4-2-3-5-15(14)22-16(24)10-21-12-6-8-13(9-7-12)25-17(18,19)20/h2-9,21H,10H2,1H3,(H,22,24). The van der Waals surface area contributed by atoms with Crippen molar-refractivity contribution >= 4 is 23.1 Å². The minimum atomic E-state index is -4.75. The van der Waals surface area contributed by atoms with Gasteiger partial charge in [-0.05, 0) is 43.3 Å². The van der Waals surface area contributed by atoms with Gasteiger partial charge in [0.15, 0.2) is 5.78 Å². The molecule has 0 heterocycles. The van der Waals surface area contributed by atoms with Gasteiger partial charge in [0.05, 0.1) is 12.2 Å². The summed E-state index contributed by atoms with van der Waals surface area (Å²) in [6.07, 6.45) is -4.75. The van der Waals surface area contributed by atoms with E-state index < -0.39 is 12.3 Å². The second kappa shape index (κ2) is 7.69. The first-order valence-corrected chi connectivity index (χ1v) is 7.24. The Morgan fingerprint density at radius 3 is 2.28 bits per heavy atom. The number of carbonyl (C=O) groups excluding carboxylic acids is 2. The Morgan fingerprint density at radius 1 is 1.04 bits per heavy atom. The number of Topliss-reactive ketones (excluding diaryl/α,β-unsaturated/α-hetero) is 1. The average molecular weight is 352 g/mol. The van der Waals surface area contributed by atoms with Gasteiger partial charge in [0.25, 0.3) is 0 Å². The number of nitrogens with one attached hydrogen (secondary N) is 2. The van der Waals surface area contributed by atoms with Crippen molar-refractivity contribution in [2.24, 2.45) is 0 Å². The van der Waals surface area contributed by atoms with Crippen molar-refractivity contribution in [3.05, 3.63) is 54.1 Å². The minimum absolute atomic E-state index is 0.119. The zero-order valence-electron chi connectivity index (χ0n) is 13.2. The first-order valence-electron chi connectivity index (χ1n) is 7.24. The topological polar surface area (TPSA) is 67.4 Å². The highest BCUT2D eigenvalue weighted by molar-refractivity contribution is 6.04. The molecule has 0 unspecified atom stereocenters. The van der Waals surface area contributed by atoms with Crippen LogP contribution in [-0.4, -0.2) is 24.6 Å². The molecule has 2 rings (SSSR count). The summed E-state index contributed by atoms with van der Waals surface area (Å²) in [5.74, 6) is -0.925. The van der Waals surface area contributed by atoms with Crippen molar-refractivity contribution in [1.82, 2.24) is 0 Å². The number of carbonyl (C=O) groups is 2. The molecule has 5 nitrogen and oxygen atoms in total. The average Bonchev–Trinajstić information content (AvgIpc) is 2.53. The lowest BCUT2D eigenvalue weighted by atomic mass is 10.1. The third kappa shape index (κ3) is 5.83. The Bertz CT molecular complexity index is 758. The van der Waals surface area contributed by atoms with Crippen molar-refractivity contribution in [1.29, 1.82) is 0 Å². The molecule has 0 aromatic heterocycles. The molecule has 0 spiro atoms. The SMILES string of the molecule is CC(=O)c1ccccc1NC(=O)CNc1ccc(OC(F)(F)F)cc1. The number of hydrogen-bond donors (Lipinski definition) is 2. The van der Waals surface area contributed by atoms with Crippen molar-refractivity contribution in [2.45, 2.75) is 13.3 Å². The number of ketones is 1. The highest BCUT2D eigenvalue weighted by atomic mass is 19.4. The normalized spacial score (nSPS) is 10.9. The van der Waals surface area contributed by atoms with Crippen LogP contribution >= 0.6 is 0 Å². The van der Waals surface area contributed by atoms with Crippen LogP contribution in [0.1, 0.15) is 17.3 Å². The monoisotopic (exact) mass is 352 g/mol. The molecule has 2 aromatic carbocycles. The third-order valence-corrected chi connectivity index (χ3v) is 3.12. The number of halogens is 3. The van der Waals surface area contributed by atoms with Crippen molar-refractivity contribution in [3.8, 4) is 5.75 Å². The highest BCUT2D eigenvalue weighted by Crippen LogP contribution is 2.24. The number of ether oxygens (including phenoxy) is 1. The number of alkyl halides is 3. The summed E-state index contributed by atoms with van der Waals surface area (Å²) in [6, 6.07) is 11.6. The summed E-state index contributed by atoms with van der Waals surface area (Å²) in [7, 11) is 0. The Labute approximate surface area is 141 Å². The lowest BCUT2D eigenvalue weighted by molar-refractivity contribution is -0.274. The number of rotatable bonds is 6. The van der Waals surface area contributed by atoms with E-state index >= 15 is 0 Å². The van der Waals surface area contributed by atoms with Crippen LogP contribution in [0.5, 0.6) is 5.75 Å². The van der Waals surface area contributed by atoms with Crippen molar-refractivity contribution < 1.29 is 27.5 Å². The lowest BCUT2D eigenvalue weighted by Gasteiger charge is -2.11. The van der Waals surface area contributed by atoms with Crippen molar-refractivity contribution in [2.75, 3.05) is 17.2 Å². The summed E-state index contributed by atoms with van der Waals surface area (Å²) in [4.78, 5) is 23.5. The molecule has 0 aliphatic rings. The zero-order chi connectivity index (χ0) is 18.4. The number of para-hydroxylation sites is 1. The molecule has 0 aliphatic carbocycles. The number of hydrogen-bond acceptors (Lipinski definition) is 4. The molecule has 0 fully saturated rings. The maximum absolute atomic E-state index is 12.1. The van der Waals surface area contributed by atoms with E-state index in [0.29, 0.717) is 16.9 Å². The molecular weight excluding hydrogens is 337 g/mol. The minimum Gasteiger partial charge on any atom is -0.406 e. The summed E-state index contributed by atoms with van der Waals surface area (Å²) < 4.78 is 40.0. The lowest BCUT2D eigenvalue weighted by Crippen LogP contribution is -2.22. The van der Waals surface area contributed by atoms with E-state index in [9.17, 15) is 22.8 Å². The molecule has 0 bridgehead atoms. The Balaban J connectivity index is 1.91. The number of amides is 1. The molecule has 0 saturated carbocycles. The fourth-order valence-electron chi connectivity index (χ4n) is 2.05. The van der Waals surface area contributed by atoms with Crippen LogP contribution in [0.2, 0.25) is 0 Å². The van der Waals surface area contributed by atoms with Crippen LogP contribution in [-0.2, 0) is 4.79 Å². The van der Waals surface area contributed by atoms with Gasteiger partial charge in [-0.1, -0.05) is 12.1 Å². The molecule has 0 atom stereocenters. The van der Waals surface area contributed by atoms with E-state index in [-0.39, 0.29) is 18.1 Å². The van der Waals surface area contributed by atoms with E-state index in [1.807, 2.05) is 0 Å². The van der Waals surface area contributed by atoms with Gasteiger partial charge in [-0.3, -0.25) is 9.59 Å². The van der Waals surface area contributed by atoms with Gasteiger partial charge in [0, 0.05) is 11.3 Å². The van der Waals surface area contributed by atoms with Crippen LogP contribution in [0.15, 0.2) is 48.5 Å². The quantitative estimate of drug-likeness (QED) is 0.775. The van der Waals surface area contributed by atoms with Crippen molar-refractivity contribution in [3.63, 3.8) is 0 Å². The second-order valence-corrected chi connectivity index (χ2v) is 5.08. The van der Waals surface area contributed by atoms with Crippen LogP contribution in [0.25, 0.3) is 0 Å². The fraction of sp³-hybridized carbons (Fsp3) is 0.176. The van der Waals surface area contributed by atoms with Gasteiger partial charge in [-0.25, -0.2) is 0 Å². The Hall–Kier alpha value is -3.03. The molecule has 2 aromatic rings. The fourth-order valence-corrected chi connectivity index (χ4v) is 2.05.